The van der Waals surface area contributed by atoms with E-state index in [1.807, 2.05) is 30.3 Å². The first-order valence-corrected chi connectivity index (χ1v) is 6.20. The molecule has 1 amide bonds. The second kappa shape index (κ2) is 4.64. The van der Waals surface area contributed by atoms with E-state index in [9.17, 15) is 4.79 Å². The number of hydrogen-bond donors (Lipinski definition) is 2. The molecule has 0 radical (unpaired) electrons. The van der Waals surface area contributed by atoms with Crippen molar-refractivity contribution < 1.29 is 4.79 Å². The molecule has 2 N–H and O–H groups in total. The molecule has 1 aromatic heterocycles. The van der Waals surface area contributed by atoms with Crippen molar-refractivity contribution in [1.82, 2.24) is 10.3 Å². The maximum atomic E-state index is 11.6. The van der Waals surface area contributed by atoms with Crippen LogP contribution in [0, 0.1) is 0 Å². The van der Waals surface area contributed by atoms with Gasteiger partial charge in [0.15, 0.2) is 0 Å². The Morgan fingerprint density at radius 1 is 1.28 bits per heavy atom. The molecule has 1 fully saturated rings. The summed E-state index contributed by atoms with van der Waals surface area (Å²) in [5.41, 5.74) is 0. The van der Waals surface area contributed by atoms with Gasteiger partial charge in [-0.25, -0.2) is 4.98 Å². The molecule has 1 aromatic carbocycles. The molecule has 92 valence electrons. The van der Waals surface area contributed by atoms with Crippen LogP contribution in [0.3, 0.4) is 0 Å². The molecule has 0 atom stereocenters. The molecule has 0 unspecified atom stereocenters. The quantitative estimate of drug-likeness (QED) is 0.860. The molecular weight excluding hydrogens is 226 g/mol. The zero-order valence-corrected chi connectivity index (χ0v) is 10.0. The summed E-state index contributed by atoms with van der Waals surface area (Å²) in [4.78, 5) is 15.9. The minimum atomic E-state index is 0.0345. The number of anilines is 1. The first-order valence-electron chi connectivity index (χ1n) is 6.20. The van der Waals surface area contributed by atoms with Crippen LogP contribution >= 0.6 is 0 Å². The molecule has 1 heterocycles. The van der Waals surface area contributed by atoms with E-state index in [1.165, 1.54) is 0 Å². The van der Waals surface area contributed by atoms with Gasteiger partial charge in [-0.05, 0) is 24.3 Å². The number of hydrogen-bond acceptors (Lipinski definition) is 3. The SMILES string of the molecule is O=C(CNc1nccc2ccccc12)NC1CC1. The lowest BCUT2D eigenvalue weighted by Crippen LogP contribution is -2.31. The summed E-state index contributed by atoms with van der Waals surface area (Å²) in [7, 11) is 0. The van der Waals surface area contributed by atoms with Crippen LogP contribution in [0.25, 0.3) is 10.8 Å². The Balaban J connectivity index is 1.71. The van der Waals surface area contributed by atoms with Crippen LogP contribution in [-0.4, -0.2) is 23.5 Å². The van der Waals surface area contributed by atoms with Gasteiger partial charge in [0, 0.05) is 17.6 Å². The number of pyridine rings is 1. The van der Waals surface area contributed by atoms with Gasteiger partial charge in [0.2, 0.25) is 5.91 Å². The normalized spacial score (nSPS) is 14.4. The monoisotopic (exact) mass is 241 g/mol. The third kappa shape index (κ3) is 2.42. The fourth-order valence-corrected chi connectivity index (χ4v) is 1.93. The second-order valence-corrected chi connectivity index (χ2v) is 4.58. The van der Waals surface area contributed by atoms with Crippen molar-refractivity contribution in [3.63, 3.8) is 0 Å². The number of benzene rings is 1. The van der Waals surface area contributed by atoms with Gasteiger partial charge in [-0.3, -0.25) is 4.79 Å². The number of amides is 1. The number of nitrogens with zero attached hydrogens (tertiary/aromatic N) is 1. The van der Waals surface area contributed by atoms with E-state index in [1.54, 1.807) is 6.20 Å². The van der Waals surface area contributed by atoms with Gasteiger partial charge in [-0.1, -0.05) is 24.3 Å². The molecule has 0 bridgehead atoms. The van der Waals surface area contributed by atoms with Gasteiger partial charge in [0.1, 0.15) is 5.82 Å². The smallest absolute Gasteiger partial charge is 0.239 e. The molecule has 3 rings (SSSR count). The lowest BCUT2D eigenvalue weighted by Gasteiger charge is -2.08. The number of carbonyl (C=O) groups excluding carboxylic acids is 1. The number of fused-ring (bicyclic) bond motifs is 1. The van der Waals surface area contributed by atoms with Gasteiger partial charge < -0.3 is 10.6 Å². The highest BCUT2D eigenvalue weighted by atomic mass is 16.2. The van der Waals surface area contributed by atoms with E-state index in [0.29, 0.717) is 6.04 Å². The lowest BCUT2D eigenvalue weighted by atomic mass is 10.1. The highest BCUT2D eigenvalue weighted by Gasteiger charge is 2.22. The number of nitrogens with one attached hydrogen (secondary N) is 2. The molecule has 0 aliphatic heterocycles. The Morgan fingerprint density at radius 3 is 2.94 bits per heavy atom. The Bertz CT molecular complexity index is 573. The van der Waals surface area contributed by atoms with Crippen LogP contribution in [0.15, 0.2) is 36.5 Å². The number of rotatable bonds is 4. The fourth-order valence-electron chi connectivity index (χ4n) is 1.93. The van der Waals surface area contributed by atoms with E-state index in [0.717, 1.165) is 29.4 Å². The van der Waals surface area contributed by atoms with E-state index < -0.39 is 0 Å². The molecular formula is C14H15N3O. The molecule has 1 aliphatic carbocycles. The molecule has 4 heteroatoms. The second-order valence-electron chi connectivity index (χ2n) is 4.58. The summed E-state index contributed by atoms with van der Waals surface area (Å²) < 4.78 is 0. The standard InChI is InChI=1S/C14H15N3O/c18-13(17-11-5-6-11)9-16-14-12-4-2-1-3-10(12)7-8-15-14/h1-4,7-8,11H,5-6,9H2,(H,15,16)(H,17,18). The van der Waals surface area contributed by atoms with Crippen LogP contribution in [0.2, 0.25) is 0 Å². The fraction of sp³-hybridized carbons (Fsp3) is 0.286. The zero-order chi connectivity index (χ0) is 12.4. The van der Waals surface area contributed by atoms with E-state index in [2.05, 4.69) is 15.6 Å². The summed E-state index contributed by atoms with van der Waals surface area (Å²) in [6.07, 6.45) is 3.97. The van der Waals surface area contributed by atoms with Crippen molar-refractivity contribution in [1.29, 1.82) is 0 Å². The zero-order valence-electron chi connectivity index (χ0n) is 10.0. The lowest BCUT2D eigenvalue weighted by molar-refractivity contribution is -0.119. The first-order chi connectivity index (χ1) is 8.83. The van der Waals surface area contributed by atoms with Crippen molar-refractivity contribution in [3.05, 3.63) is 36.5 Å². The molecule has 0 saturated heterocycles. The van der Waals surface area contributed by atoms with Crippen molar-refractivity contribution >= 4 is 22.5 Å². The number of carbonyl (C=O) groups is 1. The summed E-state index contributed by atoms with van der Waals surface area (Å²) in [5, 5.41) is 8.20. The van der Waals surface area contributed by atoms with Crippen LogP contribution in [0.4, 0.5) is 5.82 Å². The Kier molecular flexibility index (Phi) is 2.84. The van der Waals surface area contributed by atoms with Gasteiger partial charge in [-0.15, -0.1) is 0 Å². The summed E-state index contributed by atoms with van der Waals surface area (Å²) in [6, 6.07) is 10.4. The minimum Gasteiger partial charge on any atom is -0.360 e. The average Bonchev–Trinajstić information content (AvgIpc) is 3.20. The maximum absolute atomic E-state index is 11.6. The first kappa shape index (κ1) is 11.0. The van der Waals surface area contributed by atoms with Crippen LogP contribution in [-0.2, 0) is 4.79 Å². The van der Waals surface area contributed by atoms with E-state index >= 15 is 0 Å². The summed E-state index contributed by atoms with van der Waals surface area (Å²) in [5.74, 6) is 0.797. The highest BCUT2D eigenvalue weighted by Crippen LogP contribution is 2.20. The van der Waals surface area contributed by atoms with E-state index in [4.69, 9.17) is 0 Å². The van der Waals surface area contributed by atoms with E-state index in [-0.39, 0.29) is 12.5 Å². The molecule has 18 heavy (non-hydrogen) atoms. The van der Waals surface area contributed by atoms with Gasteiger partial charge in [0.25, 0.3) is 0 Å². The third-order valence-electron chi connectivity index (χ3n) is 3.03. The van der Waals surface area contributed by atoms with Gasteiger partial charge >= 0.3 is 0 Å². The third-order valence-corrected chi connectivity index (χ3v) is 3.03. The average molecular weight is 241 g/mol. The highest BCUT2D eigenvalue weighted by molar-refractivity contribution is 5.93. The predicted octanol–water partition coefficient (Wildman–Crippen LogP) is 1.93. The van der Waals surface area contributed by atoms with Gasteiger partial charge in [0.05, 0.1) is 6.54 Å². The van der Waals surface area contributed by atoms with Crippen molar-refractivity contribution in [2.24, 2.45) is 0 Å². The van der Waals surface area contributed by atoms with Crippen molar-refractivity contribution in [2.45, 2.75) is 18.9 Å². The Hall–Kier alpha value is -2.10. The number of aromatic nitrogens is 1. The molecule has 2 aromatic rings. The van der Waals surface area contributed by atoms with Crippen LogP contribution < -0.4 is 10.6 Å². The van der Waals surface area contributed by atoms with Crippen LogP contribution in [0.5, 0.6) is 0 Å². The summed E-state index contributed by atoms with van der Waals surface area (Å²) in [6.45, 7) is 0.275. The predicted molar refractivity (Wildman–Crippen MR) is 71.4 cm³/mol. The Morgan fingerprint density at radius 2 is 2.11 bits per heavy atom. The topological polar surface area (TPSA) is 54.0 Å². The Labute approximate surface area is 105 Å². The van der Waals surface area contributed by atoms with Crippen LogP contribution in [0.1, 0.15) is 12.8 Å². The molecule has 4 nitrogen and oxygen atoms in total. The largest absolute Gasteiger partial charge is 0.360 e. The maximum Gasteiger partial charge on any atom is 0.239 e. The molecule has 1 saturated carbocycles. The molecule has 0 spiro atoms. The van der Waals surface area contributed by atoms with Crippen molar-refractivity contribution in [2.75, 3.05) is 11.9 Å². The van der Waals surface area contributed by atoms with Crippen molar-refractivity contribution in [3.8, 4) is 0 Å². The van der Waals surface area contributed by atoms with Gasteiger partial charge in [-0.2, -0.15) is 0 Å². The summed E-state index contributed by atoms with van der Waals surface area (Å²) >= 11 is 0. The minimum absolute atomic E-state index is 0.0345. The molecule has 1 aliphatic rings.